The quantitative estimate of drug-likeness (QED) is 0.402. The van der Waals surface area contributed by atoms with Gasteiger partial charge in [0.2, 0.25) is 9.84 Å². The number of aryl methyl sites for hydroxylation is 1. The van der Waals surface area contributed by atoms with Crippen molar-refractivity contribution in [2.45, 2.75) is 24.5 Å². The zero-order chi connectivity index (χ0) is 22.4. The molecule has 0 aliphatic rings. The second kappa shape index (κ2) is 10.1. The van der Waals surface area contributed by atoms with Gasteiger partial charge in [-0.15, -0.1) is 11.8 Å². The zero-order valence-corrected chi connectivity index (χ0v) is 19.5. The normalized spacial score (nSPS) is 12.1. The fraction of sp³-hybridized carbons (Fsp3) is 0.125. The molecule has 0 heterocycles. The highest BCUT2D eigenvalue weighted by Crippen LogP contribution is 2.33. The summed E-state index contributed by atoms with van der Waals surface area (Å²) in [6, 6.07) is 23.2. The standard InChI is InChI=1S/C24H21ClN2O2S2/c1-17-8-6-9-19(14-17)16-30-24(27-22-13-7-12-21(25)18(22)2)23(15-26)31(28,29)20-10-4-3-5-11-20/h3-14,27H,16H2,1-2H3/b24-23+. The maximum absolute atomic E-state index is 13.3. The number of benzene rings is 3. The predicted molar refractivity (Wildman–Crippen MR) is 129 cm³/mol. The lowest BCUT2D eigenvalue weighted by Crippen LogP contribution is -2.11. The van der Waals surface area contributed by atoms with Crippen LogP contribution in [0.4, 0.5) is 5.69 Å². The van der Waals surface area contributed by atoms with E-state index in [1.54, 1.807) is 36.4 Å². The summed E-state index contributed by atoms with van der Waals surface area (Å²) in [5, 5.41) is 13.8. The smallest absolute Gasteiger partial charge is 0.219 e. The molecule has 0 atom stereocenters. The van der Waals surface area contributed by atoms with Gasteiger partial charge in [-0.1, -0.05) is 65.7 Å². The molecule has 0 saturated carbocycles. The van der Waals surface area contributed by atoms with E-state index in [1.165, 1.54) is 23.9 Å². The molecular formula is C24H21ClN2O2S2. The van der Waals surface area contributed by atoms with Crippen molar-refractivity contribution in [1.82, 2.24) is 0 Å². The Hall–Kier alpha value is -2.72. The number of hydrogen-bond acceptors (Lipinski definition) is 5. The first-order chi connectivity index (χ1) is 14.8. The van der Waals surface area contributed by atoms with Gasteiger partial charge < -0.3 is 5.32 Å². The molecule has 158 valence electrons. The first-order valence-corrected chi connectivity index (χ1v) is 12.3. The van der Waals surface area contributed by atoms with Crippen molar-refractivity contribution >= 4 is 38.9 Å². The van der Waals surface area contributed by atoms with E-state index in [4.69, 9.17) is 11.6 Å². The minimum atomic E-state index is -4.00. The second-order valence-electron chi connectivity index (χ2n) is 6.90. The lowest BCUT2D eigenvalue weighted by Gasteiger charge is -2.16. The molecule has 0 spiro atoms. The summed E-state index contributed by atoms with van der Waals surface area (Å²) in [5.41, 5.74) is 3.56. The number of nitriles is 1. The molecule has 0 radical (unpaired) electrons. The van der Waals surface area contributed by atoms with E-state index >= 15 is 0 Å². The predicted octanol–water partition coefficient (Wildman–Crippen LogP) is 6.47. The molecule has 0 saturated heterocycles. The van der Waals surface area contributed by atoms with Crippen LogP contribution in [0.25, 0.3) is 0 Å². The lowest BCUT2D eigenvalue weighted by molar-refractivity contribution is 0.603. The molecule has 0 amide bonds. The minimum Gasteiger partial charge on any atom is -0.348 e. The first-order valence-electron chi connectivity index (χ1n) is 9.48. The largest absolute Gasteiger partial charge is 0.348 e. The maximum Gasteiger partial charge on any atom is 0.219 e. The molecule has 1 N–H and O–H groups in total. The molecule has 0 aliphatic carbocycles. The van der Waals surface area contributed by atoms with Crippen LogP contribution in [0.5, 0.6) is 0 Å². The summed E-state index contributed by atoms with van der Waals surface area (Å²) in [6.07, 6.45) is 0. The molecule has 0 aromatic heterocycles. The Morgan fingerprint density at radius 3 is 2.42 bits per heavy atom. The van der Waals surface area contributed by atoms with E-state index in [-0.39, 0.29) is 14.8 Å². The average Bonchev–Trinajstić information content (AvgIpc) is 2.76. The Morgan fingerprint density at radius 1 is 1.03 bits per heavy atom. The van der Waals surface area contributed by atoms with Gasteiger partial charge in [-0.3, -0.25) is 0 Å². The molecule has 0 fully saturated rings. The molecule has 7 heteroatoms. The highest BCUT2D eigenvalue weighted by atomic mass is 35.5. The van der Waals surface area contributed by atoms with Crippen molar-refractivity contribution in [3.05, 3.63) is 104 Å². The van der Waals surface area contributed by atoms with E-state index in [2.05, 4.69) is 5.32 Å². The maximum atomic E-state index is 13.3. The van der Waals surface area contributed by atoms with Gasteiger partial charge in [0.15, 0.2) is 4.91 Å². The van der Waals surface area contributed by atoms with Gasteiger partial charge in [-0.05, 0) is 49.2 Å². The molecule has 31 heavy (non-hydrogen) atoms. The van der Waals surface area contributed by atoms with Crippen molar-refractivity contribution in [2.75, 3.05) is 5.32 Å². The molecule has 3 rings (SSSR count). The first kappa shape index (κ1) is 23.0. The fourth-order valence-electron chi connectivity index (χ4n) is 2.93. The summed E-state index contributed by atoms with van der Waals surface area (Å²) in [4.78, 5) is -0.249. The van der Waals surface area contributed by atoms with Crippen LogP contribution in [-0.2, 0) is 15.6 Å². The monoisotopic (exact) mass is 468 g/mol. The Morgan fingerprint density at radius 2 is 1.74 bits per heavy atom. The molecule has 0 unspecified atom stereocenters. The van der Waals surface area contributed by atoms with E-state index in [9.17, 15) is 13.7 Å². The van der Waals surface area contributed by atoms with Gasteiger partial charge in [0.1, 0.15) is 11.1 Å². The Balaban J connectivity index is 2.08. The molecule has 0 bridgehead atoms. The number of anilines is 1. The summed E-state index contributed by atoms with van der Waals surface area (Å²) < 4.78 is 26.5. The minimum absolute atomic E-state index is 0.0739. The van der Waals surface area contributed by atoms with Crippen molar-refractivity contribution in [2.24, 2.45) is 0 Å². The van der Waals surface area contributed by atoms with E-state index in [0.29, 0.717) is 16.5 Å². The van der Waals surface area contributed by atoms with Crippen molar-refractivity contribution in [3.63, 3.8) is 0 Å². The van der Waals surface area contributed by atoms with Crippen LogP contribution in [0.2, 0.25) is 5.02 Å². The average molecular weight is 469 g/mol. The molecule has 3 aromatic rings. The third kappa shape index (κ3) is 5.50. The molecule has 4 nitrogen and oxygen atoms in total. The number of sulfone groups is 1. The van der Waals surface area contributed by atoms with Gasteiger partial charge in [-0.25, -0.2) is 8.42 Å². The van der Waals surface area contributed by atoms with Crippen molar-refractivity contribution in [1.29, 1.82) is 5.26 Å². The fourth-order valence-corrected chi connectivity index (χ4v) is 5.63. The number of rotatable bonds is 7. The summed E-state index contributed by atoms with van der Waals surface area (Å²) in [5.74, 6) is 0.499. The van der Waals surface area contributed by atoms with E-state index < -0.39 is 9.84 Å². The lowest BCUT2D eigenvalue weighted by atomic mass is 10.2. The van der Waals surface area contributed by atoms with Crippen LogP contribution in [0.1, 0.15) is 16.7 Å². The third-order valence-electron chi connectivity index (χ3n) is 4.61. The topological polar surface area (TPSA) is 70.0 Å². The highest BCUT2D eigenvalue weighted by molar-refractivity contribution is 8.04. The zero-order valence-electron chi connectivity index (χ0n) is 17.1. The summed E-state index contributed by atoms with van der Waals surface area (Å²) in [7, 11) is -4.00. The SMILES string of the molecule is Cc1cccc(CS/C(Nc2cccc(Cl)c2C)=C(\C#N)S(=O)(=O)c2ccccc2)c1. The van der Waals surface area contributed by atoms with Gasteiger partial charge in [0.25, 0.3) is 0 Å². The Labute approximate surface area is 192 Å². The van der Waals surface area contributed by atoms with Crippen LogP contribution >= 0.6 is 23.4 Å². The number of allylic oxidation sites excluding steroid dienone is 1. The van der Waals surface area contributed by atoms with Crippen LogP contribution in [0.15, 0.2) is 87.6 Å². The van der Waals surface area contributed by atoms with Gasteiger partial charge >= 0.3 is 0 Å². The van der Waals surface area contributed by atoms with Crippen LogP contribution in [-0.4, -0.2) is 8.42 Å². The van der Waals surface area contributed by atoms with Crippen LogP contribution < -0.4 is 5.32 Å². The Bertz CT molecular complexity index is 1260. The number of thioether (sulfide) groups is 1. The number of nitrogens with one attached hydrogen (secondary N) is 1. The van der Waals surface area contributed by atoms with E-state index in [1.807, 2.05) is 44.2 Å². The molecule has 3 aromatic carbocycles. The summed E-state index contributed by atoms with van der Waals surface area (Å²) in [6.45, 7) is 3.84. The summed E-state index contributed by atoms with van der Waals surface area (Å²) >= 11 is 7.51. The molecule has 0 aliphatic heterocycles. The van der Waals surface area contributed by atoms with Crippen LogP contribution in [0, 0.1) is 25.2 Å². The van der Waals surface area contributed by atoms with Crippen LogP contribution in [0.3, 0.4) is 0 Å². The Kier molecular flexibility index (Phi) is 7.45. The number of nitrogens with zero attached hydrogens (tertiary/aromatic N) is 1. The van der Waals surface area contributed by atoms with Gasteiger partial charge in [-0.2, -0.15) is 5.26 Å². The van der Waals surface area contributed by atoms with Gasteiger partial charge in [0.05, 0.1) is 4.90 Å². The second-order valence-corrected chi connectivity index (χ2v) is 10.2. The van der Waals surface area contributed by atoms with Crippen molar-refractivity contribution in [3.8, 4) is 6.07 Å². The molecular weight excluding hydrogens is 448 g/mol. The number of halogens is 1. The van der Waals surface area contributed by atoms with Crippen molar-refractivity contribution < 1.29 is 8.42 Å². The number of hydrogen-bond donors (Lipinski definition) is 1. The van der Waals surface area contributed by atoms with E-state index in [0.717, 1.165) is 16.7 Å². The highest BCUT2D eigenvalue weighted by Gasteiger charge is 2.26. The third-order valence-corrected chi connectivity index (χ3v) is 7.95. The van der Waals surface area contributed by atoms with Gasteiger partial charge in [0, 0.05) is 16.5 Å².